The van der Waals surface area contributed by atoms with Gasteiger partial charge in [0.1, 0.15) is 5.60 Å². The van der Waals surface area contributed by atoms with E-state index in [1.54, 1.807) is 4.90 Å². The predicted octanol–water partition coefficient (Wildman–Crippen LogP) is 2.23. The topological polar surface area (TPSA) is 55.6 Å². The van der Waals surface area contributed by atoms with Gasteiger partial charge in [-0.2, -0.15) is 0 Å². The number of amides is 1. The fraction of sp³-hybridized carbons (Fsp3) is 0.923. The van der Waals surface area contributed by atoms with E-state index in [2.05, 4.69) is 6.92 Å². The van der Waals surface area contributed by atoms with E-state index in [9.17, 15) is 4.79 Å². The summed E-state index contributed by atoms with van der Waals surface area (Å²) in [6, 6.07) is 0.200. The Morgan fingerprint density at radius 1 is 1.47 bits per heavy atom. The number of ether oxygens (including phenoxy) is 1. The second kappa shape index (κ2) is 5.25. The molecule has 0 bridgehead atoms. The van der Waals surface area contributed by atoms with E-state index in [4.69, 9.17) is 10.5 Å². The SMILES string of the molecule is CC(N)C1CCN(C(=O)OC(C)(C)C)CC1C. The van der Waals surface area contributed by atoms with Gasteiger partial charge in [0.15, 0.2) is 0 Å². The number of nitrogens with two attached hydrogens (primary N) is 1. The van der Waals surface area contributed by atoms with Crippen molar-refractivity contribution >= 4 is 6.09 Å². The van der Waals surface area contributed by atoms with Crippen LogP contribution in [0.4, 0.5) is 4.79 Å². The Kier molecular flexibility index (Phi) is 4.42. The van der Waals surface area contributed by atoms with E-state index in [1.807, 2.05) is 27.7 Å². The Balaban J connectivity index is 2.52. The molecule has 100 valence electrons. The van der Waals surface area contributed by atoms with Gasteiger partial charge in [-0.1, -0.05) is 6.92 Å². The monoisotopic (exact) mass is 242 g/mol. The maximum atomic E-state index is 11.9. The summed E-state index contributed by atoms with van der Waals surface area (Å²) in [6.45, 7) is 11.4. The molecule has 0 radical (unpaired) electrons. The van der Waals surface area contributed by atoms with E-state index in [1.165, 1.54) is 0 Å². The molecule has 1 fully saturated rings. The summed E-state index contributed by atoms with van der Waals surface area (Å²) in [5.74, 6) is 0.949. The summed E-state index contributed by atoms with van der Waals surface area (Å²) in [7, 11) is 0. The van der Waals surface area contributed by atoms with Crippen molar-refractivity contribution in [3.8, 4) is 0 Å². The van der Waals surface area contributed by atoms with Crippen LogP contribution in [0.3, 0.4) is 0 Å². The summed E-state index contributed by atoms with van der Waals surface area (Å²) < 4.78 is 5.38. The van der Waals surface area contributed by atoms with Crippen LogP contribution in [-0.2, 0) is 4.74 Å². The van der Waals surface area contributed by atoms with Crippen LogP contribution in [0.1, 0.15) is 41.0 Å². The van der Waals surface area contributed by atoms with Gasteiger partial charge >= 0.3 is 6.09 Å². The molecule has 1 amide bonds. The Bertz CT molecular complexity index is 271. The molecule has 0 saturated carbocycles. The number of hydrogen-bond donors (Lipinski definition) is 1. The molecular weight excluding hydrogens is 216 g/mol. The molecule has 4 nitrogen and oxygen atoms in total. The van der Waals surface area contributed by atoms with Gasteiger partial charge in [-0.25, -0.2) is 4.79 Å². The van der Waals surface area contributed by atoms with Crippen LogP contribution in [-0.4, -0.2) is 35.7 Å². The van der Waals surface area contributed by atoms with E-state index in [0.717, 1.165) is 19.5 Å². The molecule has 0 spiro atoms. The van der Waals surface area contributed by atoms with Crippen LogP contribution in [0, 0.1) is 11.8 Å². The van der Waals surface area contributed by atoms with Crippen molar-refractivity contribution < 1.29 is 9.53 Å². The van der Waals surface area contributed by atoms with E-state index in [-0.39, 0.29) is 12.1 Å². The lowest BCUT2D eigenvalue weighted by Crippen LogP contribution is -2.48. The highest BCUT2D eigenvalue weighted by molar-refractivity contribution is 5.68. The third kappa shape index (κ3) is 4.19. The summed E-state index contributed by atoms with van der Waals surface area (Å²) in [5.41, 5.74) is 5.53. The first-order valence-electron chi connectivity index (χ1n) is 6.44. The van der Waals surface area contributed by atoms with Crippen LogP contribution in [0.15, 0.2) is 0 Å². The quantitative estimate of drug-likeness (QED) is 0.767. The number of carbonyl (C=O) groups excluding carboxylic acids is 1. The second-order valence-corrected chi connectivity index (χ2v) is 6.22. The molecule has 1 aliphatic rings. The van der Waals surface area contributed by atoms with Crippen LogP contribution in [0.25, 0.3) is 0 Å². The van der Waals surface area contributed by atoms with Gasteiger partial charge in [0, 0.05) is 19.1 Å². The molecule has 3 atom stereocenters. The van der Waals surface area contributed by atoms with Crippen LogP contribution in [0.2, 0.25) is 0 Å². The summed E-state index contributed by atoms with van der Waals surface area (Å²) in [4.78, 5) is 13.7. The van der Waals surface area contributed by atoms with Crippen LogP contribution >= 0.6 is 0 Å². The first-order chi connectivity index (χ1) is 7.70. The molecule has 2 N–H and O–H groups in total. The minimum Gasteiger partial charge on any atom is -0.444 e. The first kappa shape index (κ1) is 14.3. The molecule has 1 heterocycles. The number of rotatable bonds is 1. The number of hydrogen-bond acceptors (Lipinski definition) is 3. The molecular formula is C13H26N2O2. The van der Waals surface area contributed by atoms with Crippen LogP contribution in [0.5, 0.6) is 0 Å². The fourth-order valence-corrected chi connectivity index (χ4v) is 2.44. The normalized spacial score (nSPS) is 27.8. The summed E-state index contributed by atoms with van der Waals surface area (Å²) in [5, 5.41) is 0. The van der Waals surface area contributed by atoms with Gasteiger partial charge in [-0.15, -0.1) is 0 Å². The van der Waals surface area contributed by atoms with Crippen molar-refractivity contribution in [1.29, 1.82) is 0 Å². The highest BCUT2D eigenvalue weighted by Crippen LogP contribution is 2.26. The summed E-state index contributed by atoms with van der Waals surface area (Å²) >= 11 is 0. The largest absolute Gasteiger partial charge is 0.444 e. The zero-order valence-corrected chi connectivity index (χ0v) is 11.7. The lowest BCUT2D eigenvalue weighted by Gasteiger charge is -2.39. The number of piperidine rings is 1. The first-order valence-corrected chi connectivity index (χ1v) is 6.44. The fourth-order valence-electron chi connectivity index (χ4n) is 2.44. The molecule has 17 heavy (non-hydrogen) atoms. The van der Waals surface area contributed by atoms with Crippen molar-refractivity contribution in [2.45, 2.75) is 52.7 Å². The van der Waals surface area contributed by atoms with Gasteiger partial charge < -0.3 is 15.4 Å². The Morgan fingerprint density at radius 3 is 2.47 bits per heavy atom. The molecule has 4 heteroatoms. The average Bonchev–Trinajstić information content (AvgIpc) is 2.14. The van der Waals surface area contributed by atoms with Gasteiger partial charge in [0.05, 0.1) is 0 Å². The predicted molar refractivity (Wildman–Crippen MR) is 68.7 cm³/mol. The zero-order valence-electron chi connectivity index (χ0n) is 11.7. The van der Waals surface area contributed by atoms with Crippen LogP contribution < -0.4 is 5.73 Å². The molecule has 0 aromatic carbocycles. The third-order valence-electron chi connectivity index (χ3n) is 3.30. The standard InChI is InChI=1S/C13H26N2O2/c1-9-8-15(7-6-11(9)10(2)14)12(16)17-13(3,4)5/h9-11H,6-8,14H2,1-5H3. The lowest BCUT2D eigenvalue weighted by atomic mass is 9.82. The van der Waals surface area contributed by atoms with Gasteiger partial charge in [-0.05, 0) is 46.0 Å². The second-order valence-electron chi connectivity index (χ2n) is 6.22. The average molecular weight is 242 g/mol. The molecule has 1 rings (SSSR count). The van der Waals surface area contributed by atoms with Crippen molar-refractivity contribution in [2.24, 2.45) is 17.6 Å². The minimum absolute atomic E-state index is 0.200. The van der Waals surface area contributed by atoms with Gasteiger partial charge in [-0.3, -0.25) is 0 Å². The van der Waals surface area contributed by atoms with E-state index in [0.29, 0.717) is 11.8 Å². The highest BCUT2D eigenvalue weighted by atomic mass is 16.6. The lowest BCUT2D eigenvalue weighted by molar-refractivity contribution is 0.0102. The van der Waals surface area contributed by atoms with Crippen molar-refractivity contribution in [1.82, 2.24) is 4.90 Å². The molecule has 1 aliphatic heterocycles. The van der Waals surface area contributed by atoms with Gasteiger partial charge in [0.2, 0.25) is 0 Å². The number of carbonyl (C=O) groups is 1. The highest BCUT2D eigenvalue weighted by Gasteiger charge is 2.32. The molecule has 0 aliphatic carbocycles. The number of likely N-dealkylation sites (tertiary alicyclic amines) is 1. The minimum atomic E-state index is -0.418. The zero-order chi connectivity index (χ0) is 13.2. The molecule has 0 aromatic heterocycles. The van der Waals surface area contributed by atoms with Crippen molar-refractivity contribution in [2.75, 3.05) is 13.1 Å². The smallest absolute Gasteiger partial charge is 0.410 e. The summed E-state index contributed by atoms with van der Waals surface area (Å²) in [6.07, 6.45) is 0.769. The molecule has 0 aromatic rings. The number of nitrogens with zero attached hydrogens (tertiary/aromatic N) is 1. The van der Waals surface area contributed by atoms with Crippen molar-refractivity contribution in [3.05, 3.63) is 0 Å². The van der Waals surface area contributed by atoms with E-state index >= 15 is 0 Å². The van der Waals surface area contributed by atoms with E-state index < -0.39 is 5.60 Å². The van der Waals surface area contributed by atoms with Crippen molar-refractivity contribution in [3.63, 3.8) is 0 Å². The van der Waals surface area contributed by atoms with Gasteiger partial charge in [0.25, 0.3) is 0 Å². The maximum Gasteiger partial charge on any atom is 0.410 e. The Labute approximate surface area is 104 Å². The molecule has 1 saturated heterocycles. The maximum absolute atomic E-state index is 11.9. The Hall–Kier alpha value is -0.770. The third-order valence-corrected chi connectivity index (χ3v) is 3.30. The molecule has 3 unspecified atom stereocenters. The Morgan fingerprint density at radius 2 is 2.06 bits per heavy atom.